The summed E-state index contributed by atoms with van der Waals surface area (Å²) in [6, 6.07) is 0. The van der Waals surface area contributed by atoms with Crippen molar-refractivity contribution in [1.29, 1.82) is 0 Å². The zero-order chi connectivity index (χ0) is 13.8. The van der Waals surface area contributed by atoms with Gasteiger partial charge in [-0.05, 0) is 54.2 Å². The lowest BCUT2D eigenvalue weighted by Crippen LogP contribution is -2.17. The van der Waals surface area contributed by atoms with Crippen LogP contribution in [-0.4, -0.2) is 16.5 Å². The van der Waals surface area contributed by atoms with Gasteiger partial charge in [-0.2, -0.15) is 0 Å². The van der Waals surface area contributed by atoms with Gasteiger partial charge in [0.1, 0.15) is 11.6 Å². The number of hydrogen-bond donors (Lipinski definition) is 1. The third kappa shape index (κ3) is 3.80. The third-order valence-corrected chi connectivity index (χ3v) is 4.69. The van der Waals surface area contributed by atoms with Gasteiger partial charge in [0, 0.05) is 12.5 Å². The van der Waals surface area contributed by atoms with Crippen LogP contribution < -0.4 is 5.32 Å². The van der Waals surface area contributed by atoms with Crippen LogP contribution >= 0.6 is 22.6 Å². The van der Waals surface area contributed by atoms with Gasteiger partial charge in [-0.1, -0.05) is 27.2 Å². The highest BCUT2D eigenvalue weighted by Gasteiger charge is 2.24. The van der Waals surface area contributed by atoms with Gasteiger partial charge in [-0.15, -0.1) is 0 Å². The fourth-order valence-electron chi connectivity index (χ4n) is 2.24. The number of halogens is 1. The molecule has 4 heteroatoms. The van der Waals surface area contributed by atoms with E-state index in [1.165, 1.54) is 28.5 Å². The molecule has 0 radical (unpaired) electrons. The average molecular weight is 373 g/mol. The van der Waals surface area contributed by atoms with Crippen LogP contribution in [0.1, 0.15) is 63.9 Å². The minimum absolute atomic E-state index is 0.602. The standard InChI is InChI=1S/C15H24IN3/c1-4-8-17-15-13(16)12(9-10(2)3)18-14(19-15)11-6-5-7-11/h10-11H,4-9H2,1-3H3,(H,17,18,19). The van der Waals surface area contributed by atoms with E-state index < -0.39 is 0 Å². The first-order chi connectivity index (χ1) is 9.11. The van der Waals surface area contributed by atoms with Crippen molar-refractivity contribution in [3.05, 3.63) is 15.1 Å². The Bertz CT molecular complexity index is 428. The van der Waals surface area contributed by atoms with Gasteiger partial charge in [0.2, 0.25) is 0 Å². The molecular formula is C15H24IN3. The van der Waals surface area contributed by atoms with Crippen molar-refractivity contribution >= 4 is 28.4 Å². The number of nitrogens with zero attached hydrogens (tertiary/aromatic N) is 2. The van der Waals surface area contributed by atoms with Crippen LogP contribution in [0.2, 0.25) is 0 Å². The highest BCUT2D eigenvalue weighted by Crippen LogP contribution is 2.36. The first-order valence-corrected chi connectivity index (χ1v) is 8.49. The Labute approximate surface area is 130 Å². The van der Waals surface area contributed by atoms with Crippen molar-refractivity contribution in [2.45, 2.75) is 58.8 Å². The Morgan fingerprint density at radius 1 is 1.32 bits per heavy atom. The maximum Gasteiger partial charge on any atom is 0.143 e. The van der Waals surface area contributed by atoms with Gasteiger partial charge in [-0.25, -0.2) is 9.97 Å². The van der Waals surface area contributed by atoms with Crippen LogP contribution in [0.5, 0.6) is 0 Å². The summed E-state index contributed by atoms with van der Waals surface area (Å²) < 4.78 is 1.21. The maximum atomic E-state index is 4.84. The van der Waals surface area contributed by atoms with E-state index in [9.17, 15) is 0 Å². The molecule has 1 heterocycles. The highest BCUT2D eigenvalue weighted by molar-refractivity contribution is 14.1. The quantitative estimate of drug-likeness (QED) is 0.753. The number of anilines is 1. The Morgan fingerprint density at radius 3 is 2.58 bits per heavy atom. The summed E-state index contributed by atoms with van der Waals surface area (Å²) in [5.41, 5.74) is 1.23. The van der Waals surface area contributed by atoms with Crippen molar-refractivity contribution < 1.29 is 0 Å². The second kappa shape index (κ2) is 6.86. The molecule has 0 bridgehead atoms. The van der Waals surface area contributed by atoms with E-state index in [1.54, 1.807) is 0 Å². The minimum atomic E-state index is 0.602. The number of hydrogen-bond acceptors (Lipinski definition) is 3. The molecule has 1 saturated carbocycles. The fourth-order valence-corrected chi connectivity index (χ4v) is 2.90. The van der Waals surface area contributed by atoms with Crippen molar-refractivity contribution in [3.8, 4) is 0 Å². The SMILES string of the molecule is CCCNc1nc(C2CCC2)nc(CC(C)C)c1I. The Balaban J connectivity index is 2.28. The van der Waals surface area contributed by atoms with Gasteiger partial charge < -0.3 is 5.32 Å². The summed E-state index contributed by atoms with van der Waals surface area (Å²) in [5, 5.41) is 3.46. The molecule has 106 valence electrons. The lowest BCUT2D eigenvalue weighted by Gasteiger charge is -2.25. The van der Waals surface area contributed by atoms with E-state index in [2.05, 4.69) is 48.7 Å². The molecular weight excluding hydrogens is 349 g/mol. The average Bonchev–Trinajstić information content (AvgIpc) is 2.28. The van der Waals surface area contributed by atoms with Crippen LogP contribution in [0, 0.1) is 9.49 Å². The second-order valence-electron chi connectivity index (χ2n) is 5.84. The van der Waals surface area contributed by atoms with E-state index in [0.717, 1.165) is 31.0 Å². The first kappa shape index (κ1) is 15.0. The topological polar surface area (TPSA) is 37.8 Å². The molecule has 19 heavy (non-hydrogen) atoms. The summed E-state index contributed by atoms with van der Waals surface area (Å²) in [6.07, 6.45) is 6.01. The van der Waals surface area contributed by atoms with Gasteiger partial charge in [-0.3, -0.25) is 0 Å². The van der Waals surface area contributed by atoms with Crippen molar-refractivity contribution in [2.75, 3.05) is 11.9 Å². The van der Waals surface area contributed by atoms with Crippen LogP contribution in [0.4, 0.5) is 5.82 Å². The number of nitrogens with one attached hydrogen (secondary N) is 1. The van der Waals surface area contributed by atoms with Crippen molar-refractivity contribution in [1.82, 2.24) is 9.97 Å². The zero-order valence-electron chi connectivity index (χ0n) is 12.2. The predicted molar refractivity (Wildman–Crippen MR) is 88.7 cm³/mol. The Kier molecular flexibility index (Phi) is 5.42. The van der Waals surface area contributed by atoms with E-state index in [1.807, 2.05) is 0 Å². The zero-order valence-corrected chi connectivity index (χ0v) is 14.3. The predicted octanol–water partition coefficient (Wildman–Crippen LogP) is 4.37. The molecule has 0 aromatic carbocycles. The maximum absolute atomic E-state index is 4.84. The molecule has 1 aromatic heterocycles. The minimum Gasteiger partial charge on any atom is -0.369 e. The molecule has 1 aliphatic rings. The molecule has 0 saturated heterocycles. The van der Waals surface area contributed by atoms with Crippen molar-refractivity contribution in [3.63, 3.8) is 0 Å². The largest absolute Gasteiger partial charge is 0.369 e. The van der Waals surface area contributed by atoms with E-state index in [4.69, 9.17) is 9.97 Å². The molecule has 0 amide bonds. The van der Waals surface area contributed by atoms with Crippen molar-refractivity contribution in [2.24, 2.45) is 5.92 Å². The molecule has 1 aromatic rings. The normalized spacial score (nSPS) is 15.6. The molecule has 0 spiro atoms. The number of rotatable bonds is 6. The summed E-state index contributed by atoms with van der Waals surface area (Å²) in [4.78, 5) is 9.61. The van der Waals surface area contributed by atoms with E-state index >= 15 is 0 Å². The Morgan fingerprint density at radius 2 is 2.05 bits per heavy atom. The Hall–Kier alpha value is -0.390. The fraction of sp³-hybridized carbons (Fsp3) is 0.733. The lowest BCUT2D eigenvalue weighted by atomic mass is 9.85. The summed E-state index contributed by atoms with van der Waals surface area (Å²) >= 11 is 2.40. The monoisotopic (exact) mass is 373 g/mol. The summed E-state index contributed by atoms with van der Waals surface area (Å²) in [7, 11) is 0. The highest BCUT2D eigenvalue weighted by atomic mass is 127. The molecule has 0 aliphatic heterocycles. The molecule has 0 atom stereocenters. The molecule has 1 N–H and O–H groups in total. The molecule has 2 rings (SSSR count). The van der Waals surface area contributed by atoms with E-state index in [0.29, 0.717) is 11.8 Å². The van der Waals surface area contributed by atoms with Gasteiger partial charge in [0.25, 0.3) is 0 Å². The summed E-state index contributed by atoms with van der Waals surface area (Å²) in [6.45, 7) is 7.67. The molecule has 1 fully saturated rings. The molecule has 3 nitrogen and oxygen atoms in total. The second-order valence-corrected chi connectivity index (χ2v) is 6.92. The molecule has 1 aliphatic carbocycles. The van der Waals surface area contributed by atoms with E-state index in [-0.39, 0.29) is 0 Å². The first-order valence-electron chi connectivity index (χ1n) is 7.42. The number of aromatic nitrogens is 2. The van der Waals surface area contributed by atoms with Crippen LogP contribution in [0.3, 0.4) is 0 Å². The lowest BCUT2D eigenvalue weighted by molar-refractivity contribution is 0.399. The van der Waals surface area contributed by atoms with Crippen LogP contribution in [0.15, 0.2) is 0 Å². The van der Waals surface area contributed by atoms with Crippen LogP contribution in [-0.2, 0) is 6.42 Å². The van der Waals surface area contributed by atoms with Gasteiger partial charge in [0.05, 0.1) is 9.26 Å². The summed E-state index contributed by atoms with van der Waals surface area (Å²) in [5.74, 6) is 3.36. The van der Waals surface area contributed by atoms with Crippen LogP contribution in [0.25, 0.3) is 0 Å². The van der Waals surface area contributed by atoms with Gasteiger partial charge >= 0.3 is 0 Å². The third-order valence-electron chi connectivity index (χ3n) is 3.55. The van der Waals surface area contributed by atoms with Gasteiger partial charge in [0.15, 0.2) is 0 Å². The smallest absolute Gasteiger partial charge is 0.143 e. The molecule has 0 unspecified atom stereocenters.